The molecule has 0 saturated carbocycles. The van der Waals surface area contributed by atoms with Crippen molar-refractivity contribution in [1.82, 2.24) is 9.47 Å². The molecule has 33 heavy (non-hydrogen) atoms. The number of benzene rings is 2. The van der Waals surface area contributed by atoms with Gasteiger partial charge in [0.15, 0.2) is 5.43 Å². The molecule has 170 valence electrons. The Bertz CT molecular complexity index is 1300. The molecule has 1 atom stereocenters. The Kier molecular flexibility index (Phi) is 6.03. The first-order valence-electron chi connectivity index (χ1n) is 10.8. The summed E-state index contributed by atoms with van der Waals surface area (Å²) in [6.45, 7) is 3.60. The third kappa shape index (κ3) is 4.09. The Labute approximate surface area is 200 Å². The maximum atomic E-state index is 14.8. The van der Waals surface area contributed by atoms with Crippen molar-refractivity contribution in [3.05, 3.63) is 92.1 Å². The Balaban J connectivity index is 1.75. The number of thioether (sulfide) groups is 1. The summed E-state index contributed by atoms with van der Waals surface area (Å²) in [6.07, 6.45) is 0.320. The number of rotatable bonds is 2. The van der Waals surface area contributed by atoms with Crippen molar-refractivity contribution in [3.63, 3.8) is 0 Å². The molecule has 0 N–H and O–H groups in total. The number of amides is 1. The average Bonchev–Trinajstić information content (AvgIpc) is 2.96. The first-order chi connectivity index (χ1) is 15.9. The number of carbonyl (C=O) groups excluding carboxylic acids is 1. The minimum Gasteiger partial charge on any atom is -0.378 e. The number of hydrogen-bond donors (Lipinski definition) is 0. The monoisotopic (exact) mass is 484 g/mol. The summed E-state index contributed by atoms with van der Waals surface area (Å²) in [7, 11) is 0. The minimum absolute atomic E-state index is 0.146. The van der Waals surface area contributed by atoms with Crippen molar-refractivity contribution in [1.29, 1.82) is 0 Å². The number of nitrogens with zero attached hydrogens (tertiary/aromatic N) is 2. The third-order valence-corrected chi connectivity index (χ3v) is 7.59. The molecule has 0 spiro atoms. The molecule has 3 heterocycles. The van der Waals surface area contributed by atoms with E-state index in [4.69, 9.17) is 16.3 Å². The second-order valence-electron chi connectivity index (χ2n) is 8.16. The number of fused-ring (bicyclic) bond motifs is 3. The lowest BCUT2D eigenvalue weighted by atomic mass is 10.0. The van der Waals surface area contributed by atoms with Crippen molar-refractivity contribution < 1.29 is 13.9 Å². The Morgan fingerprint density at radius 1 is 1.15 bits per heavy atom. The zero-order valence-corrected chi connectivity index (χ0v) is 19.6. The van der Waals surface area contributed by atoms with Crippen LogP contribution in [0.5, 0.6) is 0 Å². The summed E-state index contributed by atoms with van der Waals surface area (Å²) in [6, 6.07) is 13.7. The van der Waals surface area contributed by atoms with Crippen LogP contribution >= 0.6 is 23.4 Å². The van der Waals surface area contributed by atoms with Crippen LogP contribution < -0.4 is 5.43 Å². The lowest BCUT2D eigenvalue weighted by Crippen LogP contribution is -2.43. The fraction of sp³-hybridized carbons (Fsp3) is 0.280. The van der Waals surface area contributed by atoms with Crippen molar-refractivity contribution >= 4 is 29.3 Å². The van der Waals surface area contributed by atoms with Crippen LogP contribution in [0.1, 0.15) is 32.6 Å². The molecule has 1 amide bonds. The van der Waals surface area contributed by atoms with E-state index in [9.17, 15) is 14.0 Å². The number of halogens is 2. The summed E-state index contributed by atoms with van der Waals surface area (Å²) in [5.41, 5.74) is 2.50. The highest BCUT2D eigenvalue weighted by molar-refractivity contribution is 7.99. The van der Waals surface area contributed by atoms with Gasteiger partial charge in [-0.05, 0) is 31.2 Å². The molecule has 0 aliphatic carbocycles. The van der Waals surface area contributed by atoms with Gasteiger partial charge < -0.3 is 14.2 Å². The van der Waals surface area contributed by atoms with Crippen LogP contribution in [-0.2, 0) is 11.2 Å². The highest BCUT2D eigenvalue weighted by atomic mass is 35.5. The van der Waals surface area contributed by atoms with Gasteiger partial charge in [0.1, 0.15) is 11.4 Å². The van der Waals surface area contributed by atoms with Crippen molar-refractivity contribution in [2.75, 3.05) is 26.3 Å². The number of ether oxygens (including phenoxy) is 1. The maximum absolute atomic E-state index is 14.8. The van der Waals surface area contributed by atoms with Crippen LogP contribution in [0.15, 0.2) is 58.2 Å². The van der Waals surface area contributed by atoms with Crippen molar-refractivity contribution in [2.24, 2.45) is 0 Å². The number of aryl methyl sites for hydroxylation is 1. The van der Waals surface area contributed by atoms with Gasteiger partial charge >= 0.3 is 0 Å². The van der Waals surface area contributed by atoms with Crippen LogP contribution in [0, 0.1) is 12.7 Å². The van der Waals surface area contributed by atoms with E-state index in [1.54, 1.807) is 29.2 Å². The van der Waals surface area contributed by atoms with E-state index in [-0.39, 0.29) is 28.0 Å². The highest BCUT2D eigenvalue weighted by Crippen LogP contribution is 2.45. The summed E-state index contributed by atoms with van der Waals surface area (Å²) >= 11 is 7.81. The quantitative estimate of drug-likeness (QED) is 0.524. The number of pyridine rings is 1. The molecule has 3 aromatic rings. The lowest BCUT2D eigenvalue weighted by molar-refractivity contribution is 0.0300. The highest BCUT2D eigenvalue weighted by Gasteiger charge is 2.32. The van der Waals surface area contributed by atoms with E-state index in [2.05, 4.69) is 0 Å². The second-order valence-corrected chi connectivity index (χ2v) is 9.84. The fourth-order valence-corrected chi connectivity index (χ4v) is 6.10. The second kappa shape index (κ2) is 8.97. The number of carbonyl (C=O) groups is 1. The smallest absolute Gasteiger partial charge is 0.259 e. The largest absolute Gasteiger partial charge is 0.378 e. The van der Waals surface area contributed by atoms with E-state index in [1.807, 2.05) is 23.6 Å². The first-order valence-corrected chi connectivity index (χ1v) is 12.0. The molecule has 0 bridgehead atoms. The minimum atomic E-state index is -0.338. The van der Waals surface area contributed by atoms with E-state index < -0.39 is 0 Å². The molecule has 5 rings (SSSR count). The third-order valence-electron chi connectivity index (χ3n) is 6.07. The fourth-order valence-electron chi connectivity index (χ4n) is 4.52. The molecule has 1 fully saturated rings. The summed E-state index contributed by atoms with van der Waals surface area (Å²) in [4.78, 5) is 29.3. The van der Waals surface area contributed by atoms with E-state index in [0.717, 1.165) is 10.6 Å². The standard InChI is InChI=1S/C25H22ClFN2O3S/c1-15-12-21(30)24(25(31)28-8-10-32-11-9-28)20-14-22(17-4-2-3-5-18(17)27)33-23-13-16(26)6-7-19(23)29(15)20/h2-7,12-13,22H,8-11,14H2,1H3. The van der Waals surface area contributed by atoms with Crippen LogP contribution in [0.3, 0.4) is 0 Å². The summed E-state index contributed by atoms with van der Waals surface area (Å²) in [5.74, 6) is -0.621. The van der Waals surface area contributed by atoms with Gasteiger partial charge in [-0.25, -0.2) is 4.39 Å². The maximum Gasteiger partial charge on any atom is 0.259 e. The van der Waals surface area contributed by atoms with Gasteiger partial charge in [-0.1, -0.05) is 29.8 Å². The molecule has 1 aromatic heterocycles. The van der Waals surface area contributed by atoms with Crippen LogP contribution in [0.25, 0.3) is 5.69 Å². The van der Waals surface area contributed by atoms with Gasteiger partial charge in [-0.15, -0.1) is 11.8 Å². The molecular weight excluding hydrogens is 463 g/mol. The van der Waals surface area contributed by atoms with Gasteiger partial charge in [0.2, 0.25) is 0 Å². The van der Waals surface area contributed by atoms with E-state index >= 15 is 0 Å². The topological polar surface area (TPSA) is 51.5 Å². The number of hydrogen-bond acceptors (Lipinski definition) is 4. The zero-order chi connectivity index (χ0) is 23.1. The van der Waals surface area contributed by atoms with Gasteiger partial charge in [0.25, 0.3) is 5.91 Å². The van der Waals surface area contributed by atoms with E-state index in [1.165, 1.54) is 23.9 Å². The van der Waals surface area contributed by atoms with Gasteiger partial charge in [-0.3, -0.25) is 9.59 Å². The van der Waals surface area contributed by atoms with Crippen LogP contribution in [0.4, 0.5) is 4.39 Å². The number of morpholine rings is 1. The molecular formula is C25H22ClFN2O3S. The molecule has 5 nitrogen and oxygen atoms in total. The molecule has 1 saturated heterocycles. The summed E-state index contributed by atoms with van der Waals surface area (Å²) < 4.78 is 22.2. The number of aromatic nitrogens is 1. The Hall–Kier alpha value is -2.61. The molecule has 0 radical (unpaired) electrons. The normalized spacial score (nSPS) is 17.8. The van der Waals surface area contributed by atoms with Crippen LogP contribution in [0.2, 0.25) is 5.02 Å². The molecule has 2 aliphatic heterocycles. The molecule has 8 heteroatoms. The molecule has 1 unspecified atom stereocenters. The zero-order valence-electron chi connectivity index (χ0n) is 18.0. The Morgan fingerprint density at radius 2 is 1.91 bits per heavy atom. The van der Waals surface area contributed by atoms with E-state index in [0.29, 0.717) is 54.7 Å². The van der Waals surface area contributed by atoms with Gasteiger partial charge in [0.05, 0.1) is 18.9 Å². The Morgan fingerprint density at radius 3 is 2.67 bits per heavy atom. The lowest BCUT2D eigenvalue weighted by Gasteiger charge is -2.28. The van der Waals surface area contributed by atoms with Gasteiger partial charge in [0, 0.05) is 57.7 Å². The first kappa shape index (κ1) is 22.2. The summed E-state index contributed by atoms with van der Waals surface area (Å²) in [5, 5.41) is 0.231. The predicted molar refractivity (Wildman–Crippen MR) is 127 cm³/mol. The molecule has 2 aromatic carbocycles. The molecule has 2 aliphatic rings. The van der Waals surface area contributed by atoms with Crippen molar-refractivity contribution in [2.45, 2.75) is 23.5 Å². The van der Waals surface area contributed by atoms with Gasteiger partial charge in [-0.2, -0.15) is 0 Å². The predicted octanol–water partition coefficient (Wildman–Crippen LogP) is 4.80. The average molecular weight is 485 g/mol. The van der Waals surface area contributed by atoms with Crippen LogP contribution in [-0.4, -0.2) is 41.7 Å². The SMILES string of the molecule is Cc1cc(=O)c(C(=O)N2CCOCC2)c2n1-c1ccc(Cl)cc1SC(c1ccccc1F)C2. The van der Waals surface area contributed by atoms with Crippen molar-refractivity contribution in [3.8, 4) is 5.69 Å².